The molecule has 0 aromatic heterocycles. The van der Waals surface area contributed by atoms with E-state index in [1.54, 1.807) is 17.0 Å². The van der Waals surface area contributed by atoms with E-state index >= 15 is 0 Å². The molecule has 0 aliphatic heterocycles. The number of likely N-dealkylation sites (N-methyl/N-ethyl adjacent to an activating group) is 1. The number of carbonyl (C=O) groups is 1. The van der Waals surface area contributed by atoms with E-state index in [1.807, 2.05) is 49.4 Å². The van der Waals surface area contributed by atoms with Crippen molar-refractivity contribution in [2.75, 3.05) is 18.1 Å². The van der Waals surface area contributed by atoms with Crippen LogP contribution in [0.5, 0.6) is 5.75 Å². The van der Waals surface area contributed by atoms with E-state index in [0.29, 0.717) is 17.3 Å². The second kappa shape index (κ2) is 6.96. The van der Waals surface area contributed by atoms with Crippen molar-refractivity contribution in [2.45, 2.75) is 6.92 Å². The zero-order valence-electron chi connectivity index (χ0n) is 11.3. The van der Waals surface area contributed by atoms with Crippen LogP contribution in [-0.2, 0) is 4.79 Å². The van der Waals surface area contributed by atoms with Crippen molar-refractivity contribution >= 4 is 23.2 Å². The Morgan fingerprint density at radius 2 is 1.75 bits per heavy atom. The van der Waals surface area contributed by atoms with Crippen LogP contribution in [0, 0.1) is 0 Å². The molecule has 4 heteroatoms. The molecule has 0 saturated heterocycles. The number of amides is 1. The molecule has 3 nitrogen and oxygen atoms in total. The fourth-order valence-corrected chi connectivity index (χ4v) is 2.08. The number of ether oxygens (including phenoxy) is 1. The SMILES string of the molecule is CCN(C(=O)COc1ccccc1Cl)c1ccccc1. The lowest BCUT2D eigenvalue weighted by atomic mass is 10.3. The van der Waals surface area contributed by atoms with Crippen LogP contribution in [0.4, 0.5) is 5.69 Å². The molecule has 0 aliphatic rings. The molecule has 2 aromatic rings. The maximum Gasteiger partial charge on any atom is 0.264 e. The molecule has 0 unspecified atom stereocenters. The Balaban J connectivity index is 2.02. The van der Waals surface area contributed by atoms with Crippen LogP contribution in [0.25, 0.3) is 0 Å². The molecule has 0 N–H and O–H groups in total. The Morgan fingerprint density at radius 1 is 1.10 bits per heavy atom. The Bertz CT molecular complexity index is 572. The minimum atomic E-state index is -0.0985. The third-order valence-corrected chi connectivity index (χ3v) is 3.19. The molecule has 2 aromatic carbocycles. The highest BCUT2D eigenvalue weighted by Gasteiger charge is 2.14. The smallest absolute Gasteiger partial charge is 0.264 e. The number of carbonyl (C=O) groups excluding carboxylic acids is 1. The summed E-state index contributed by atoms with van der Waals surface area (Å²) in [6.07, 6.45) is 0. The summed E-state index contributed by atoms with van der Waals surface area (Å²) in [4.78, 5) is 13.9. The van der Waals surface area contributed by atoms with E-state index < -0.39 is 0 Å². The summed E-state index contributed by atoms with van der Waals surface area (Å²) in [5.41, 5.74) is 0.864. The first-order valence-electron chi connectivity index (χ1n) is 6.45. The third kappa shape index (κ3) is 3.52. The van der Waals surface area contributed by atoms with E-state index in [9.17, 15) is 4.79 Å². The average molecular weight is 290 g/mol. The normalized spacial score (nSPS) is 10.1. The van der Waals surface area contributed by atoms with E-state index in [4.69, 9.17) is 16.3 Å². The van der Waals surface area contributed by atoms with Gasteiger partial charge in [0.2, 0.25) is 0 Å². The Labute approximate surface area is 123 Å². The molecule has 0 spiro atoms. The van der Waals surface area contributed by atoms with Crippen LogP contribution < -0.4 is 9.64 Å². The summed E-state index contributed by atoms with van der Waals surface area (Å²) in [5.74, 6) is 0.422. The molecule has 104 valence electrons. The van der Waals surface area contributed by atoms with Crippen LogP contribution in [0.15, 0.2) is 54.6 Å². The van der Waals surface area contributed by atoms with Crippen LogP contribution in [-0.4, -0.2) is 19.1 Å². The van der Waals surface area contributed by atoms with Gasteiger partial charge in [-0.3, -0.25) is 4.79 Å². The quantitative estimate of drug-likeness (QED) is 0.838. The molecule has 0 heterocycles. The molecule has 0 bridgehead atoms. The number of nitrogens with zero attached hydrogens (tertiary/aromatic N) is 1. The highest BCUT2D eigenvalue weighted by atomic mass is 35.5. The molecule has 2 rings (SSSR count). The predicted octanol–water partition coefficient (Wildman–Crippen LogP) is 3.77. The van der Waals surface area contributed by atoms with E-state index in [-0.39, 0.29) is 12.5 Å². The number of halogens is 1. The van der Waals surface area contributed by atoms with Gasteiger partial charge in [0, 0.05) is 12.2 Å². The van der Waals surface area contributed by atoms with Crippen molar-refractivity contribution in [3.05, 3.63) is 59.6 Å². The minimum Gasteiger partial charge on any atom is -0.482 e. The number of para-hydroxylation sites is 2. The molecule has 0 radical (unpaired) electrons. The second-order valence-electron chi connectivity index (χ2n) is 4.19. The number of hydrogen-bond acceptors (Lipinski definition) is 2. The van der Waals surface area contributed by atoms with Gasteiger partial charge in [-0.05, 0) is 31.2 Å². The zero-order valence-corrected chi connectivity index (χ0v) is 12.0. The molecule has 0 saturated carbocycles. The van der Waals surface area contributed by atoms with Crippen molar-refractivity contribution in [1.29, 1.82) is 0 Å². The van der Waals surface area contributed by atoms with Gasteiger partial charge in [-0.15, -0.1) is 0 Å². The van der Waals surface area contributed by atoms with Crippen molar-refractivity contribution < 1.29 is 9.53 Å². The first kappa shape index (κ1) is 14.4. The summed E-state index contributed by atoms with van der Waals surface area (Å²) in [7, 11) is 0. The molecule has 1 amide bonds. The summed E-state index contributed by atoms with van der Waals surface area (Å²) in [5, 5.41) is 0.503. The van der Waals surface area contributed by atoms with Gasteiger partial charge in [0.15, 0.2) is 6.61 Å². The van der Waals surface area contributed by atoms with Crippen LogP contribution in [0.3, 0.4) is 0 Å². The lowest BCUT2D eigenvalue weighted by Gasteiger charge is -2.21. The fourth-order valence-electron chi connectivity index (χ4n) is 1.89. The van der Waals surface area contributed by atoms with Crippen LogP contribution in [0.1, 0.15) is 6.92 Å². The van der Waals surface area contributed by atoms with Crippen molar-refractivity contribution in [3.8, 4) is 5.75 Å². The van der Waals surface area contributed by atoms with Gasteiger partial charge >= 0.3 is 0 Å². The van der Waals surface area contributed by atoms with Gasteiger partial charge in [-0.25, -0.2) is 0 Å². The summed E-state index contributed by atoms with van der Waals surface area (Å²) in [6.45, 7) is 2.49. The lowest BCUT2D eigenvalue weighted by molar-refractivity contribution is -0.120. The minimum absolute atomic E-state index is 0.0353. The number of hydrogen-bond donors (Lipinski definition) is 0. The molecule has 0 atom stereocenters. The Kier molecular flexibility index (Phi) is 5.02. The molecular weight excluding hydrogens is 274 g/mol. The largest absolute Gasteiger partial charge is 0.482 e. The number of rotatable bonds is 5. The fraction of sp³-hybridized carbons (Fsp3) is 0.188. The van der Waals surface area contributed by atoms with Crippen molar-refractivity contribution in [2.24, 2.45) is 0 Å². The van der Waals surface area contributed by atoms with E-state index in [1.165, 1.54) is 0 Å². The zero-order chi connectivity index (χ0) is 14.4. The number of benzene rings is 2. The molecule has 0 fully saturated rings. The maximum atomic E-state index is 12.2. The second-order valence-corrected chi connectivity index (χ2v) is 4.60. The lowest BCUT2D eigenvalue weighted by Crippen LogP contribution is -2.34. The first-order valence-corrected chi connectivity index (χ1v) is 6.83. The maximum absolute atomic E-state index is 12.2. The first-order chi connectivity index (χ1) is 9.72. The standard InChI is InChI=1S/C16H16ClNO2/c1-2-18(13-8-4-3-5-9-13)16(19)12-20-15-11-7-6-10-14(15)17/h3-11H,2,12H2,1H3. The van der Waals surface area contributed by atoms with E-state index in [0.717, 1.165) is 5.69 Å². The summed E-state index contributed by atoms with van der Waals surface area (Å²) >= 11 is 5.99. The highest BCUT2D eigenvalue weighted by Crippen LogP contribution is 2.23. The van der Waals surface area contributed by atoms with Gasteiger partial charge in [0.25, 0.3) is 5.91 Å². The Hall–Kier alpha value is -2.00. The summed E-state index contributed by atoms with van der Waals surface area (Å²) in [6, 6.07) is 16.6. The van der Waals surface area contributed by atoms with E-state index in [2.05, 4.69) is 0 Å². The summed E-state index contributed by atoms with van der Waals surface area (Å²) < 4.78 is 5.48. The highest BCUT2D eigenvalue weighted by molar-refractivity contribution is 6.32. The van der Waals surface area contributed by atoms with Gasteiger partial charge in [0.05, 0.1) is 5.02 Å². The molecule has 20 heavy (non-hydrogen) atoms. The molecular formula is C16H16ClNO2. The van der Waals surface area contributed by atoms with Gasteiger partial charge in [-0.2, -0.15) is 0 Å². The van der Waals surface area contributed by atoms with Crippen molar-refractivity contribution in [3.63, 3.8) is 0 Å². The third-order valence-electron chi connectivity index (χ3n) is 2.87. The monoisotopic (exact) mass is 289 g/mol. The van der Waals surface area contributed by atoms with Crippen LogP contribution in [0.2, 0.25) is 5.02 Å². The molecule has 0 aliphatic carbocycles. The van der Waals surface area contributed by atoms with Crippen molar-refractivity contribution in [1.82, 2.24) is 0 Å². The topological polar surface area (TPSA) is 29.5 Å². The average Bonchev–Trinajstić information content (AvgIpc) is 2.48. The van der Waals surface area contributed by atoms with Crippen LogP contribution >= 0.6 is 11.6 Å². The van der Waals surface area contributed by atoms with Gasteiger partial charge < -0.3 is 9.64 Å². The predicted molar refractivity (Wildman–Crippen MR) is 81.4 cm³/mol. The number of anilines is 1. The van der Waals surface area contributed by atoms with Gasteiger partial charge in [0.1, 0.15) is 5.75 Å². The van der Waals surface area contributed by atoms with Gasteiger partial charge in [-0.1, -0.05) is 41.9 Å². The Morgan fingerprint density at radius 3 is 2.40 bits per heavy atom.